The molecule has 0 fully saturated rings. The van der Waals surface area contributed by atoms with Gasteiger partial charge in [0, 0.05) is 17.5 Å². The normalized spacial score (nSPS) is 18.3. The molecule has 0 saturated carbocycles. The predicted molar refractivity (Wildman–Crippen MR) is 83.0 cm³/mol. The number of thiophene rings is 1. The Bertz CT molecular complexity index is 655. The zero-order chi connectivity index (χ0) is 14.8. The van der Waals surface area contributed by atoms with Crippen molar-refractivity contribution in [1.29, 1.82) is 0 Å². The van der Waals surface area contributed by atoms with Crippen LogP contribution in [0.2, 0.25) is 0 Å². The summed E-state index contributed by atoms with van der Waals surface area (Å²) in [6.07, 6.45) is 0.977. The molecule has 3 rings (SSSR count). The van der Waals surface area contributed by atoms with E-state index in [0.29, 0.717) is 0 Å². The highest BCUT2D eigenvalue weighted by Gasteiger charge is 2.26. The molecule has 1 atom stereocenters. The van der Waals surface area contributed by atoms with Crippen molar-refractivity contribution >= 4 is 22.9 Å². The molecule has 5 heteroatoms. The molecule has 1 N–H and O–H groups in total. The molecule has 0 unspecified atom stereocenters. The van der Waals surface area contributed by atoms with E-state index < -0.39 is 5.82 Å². The number of benzene rings is 1. The number of nitrogens with zero attached hydrogens (tertiary/aromatic N) is 1. The van der Waals surface area contributed by atoms with Crippen LogP contribution in [0.1, 0.15) is 23.4 Å². The van der Waals surface area contributed by atoms with Crippen LogP contribution in [-0.4, -0.2) is 23.9 Å². The maximum Gasteiger partial charge on any atom is 0.238 e. The van der Waals surface area contributed by atoms with Crippen molar-refractivity contribution in [3.05, 3.63) is 52.0 Å². The van der Waals surface area contributed by atoms with Gasteiger partial charge in [0.1, 0.15) is 5.82 Å². The second-order valence-electron chi connectivity index (χ2n) is 5.22. The number of halogens is 1. The van der Waals surface area contributed by atoms with Crippen molar-refractivity contribution in [3.63, 3.8) is 0 Å². The topological polar surface area (TPSA) is 32.3 Å². The maximum atomic E-state index is 13.5. The molecule has 0 bridgehead atoms. The van der Waals surface area contributed by atoms with Crippen molar-refractivity contribution < 1.29 is 9.18 Å². The second kappa shape index (κ2) is 5.95. The average molecular weight is 304 g/mol. The summed E-state index contributed by atoms with van der Waals surface area (Å²) in [4.78, 5) is 15.7. The molecule has 1 amide bonds. The lowest BCUT2D eigenvalue weighted by atomic mass is 10.0. The van der Waals surface area contributed by atoms with Crippen molar-refractivity contribution in [1.82, 2.24) is 4.90 Å². The van der Waals surface area contributed by atoms with E-state index in [4.69, 9.17) is 0 Å². The molecule has 1 aliphatic rings. The molecule has 0 spiro atoms. The van der Waals surface area contributed by atoms with Gasteiger partial charge in [-0.2, -0.15) is 0 Å². The lowest BCUT2D eigenvalue weighted by molar-refractivity contribution is -0.117. The fourth-order valence-electron chi connectivity index (χ4n) is 2.71. The Morgan fingerprint density at radius 2 is 2.24 bits per heavy atom. The number of amides is 1. The summed E-state index contributed by atoms with van der Waals surface area (Å²) in [6.45, 7) is 3.26. The molecule has 0 saturated heterocycles. The zero-order valence-electron chi connectivity index (χ0n) is 11.8. The highest BCUT2D eigenvalue weighted by molar-refractivity contribution is 7.10. The number of para-hydroxylation sites is 1. The van der Waals surface area contributed by atoms with Crippen molar-refractivity contribution in [2.75, 3.05) is 18.4 Å². The monoisotopic (exact) mass is 304 g/mol. The van der Waals surface area contributed by atoms with Gasteiger partial charge in [0.25, 0.3) is 0 Å². The number of anilines is 1. The Balaban J connectivity index is 1.65. The van der Waals surface area contributed by atoms with Gasteiger partial charge >= 0.3 is 0 Å². The summed E-state index contributed by atoms with van der Waals surface area (Å²) in [5, 5.41) is 4.74. The first-order valence-electron chi connectivity index (χ1n) is 7.00. The van der Waals surface area contributed by atoms with E-state index in [9.17, 15) is 9.18 Å². The minimum atomic E-state index is -0.405. The molecule has 110 valence electrons. The molecule has 1 aromatic carbocycles. The Morgan fingerprint density at radius 3 is 3.05 bits per heavy atom. The number of hydrogen-bond donors (Lipinski definition) is 1. The van der Waals surface area contributed by atoms with Crippen LogP contribution in [0, 0.1) is 5.82 Å². The number of carbonyl (C=O) groups excluding carboxylic acids is 1. The number of nitrogens with one attached hydrogen (secondary N) is 1. The Labute approximate surface area is 127 Å². The van der Waals surface area contributed by atoms with Gasteiger partial charge in [-0.05, 0) is 42.5 Å². The smallest absolute Gasteiger partial charge is 0.238 e. The van der Waals surface area contributed by atoms with Crippen LogP contribution in [0.4, 0.5) is 10.1 Å². The molecule has 21 heavy (non-hydrogen) atoms. The van der Waals surface area contributed by atoms with Crippen LogP contribution in [0.25, 0.3) is 0 Å². The van der Waals surface area contributed by atoms with E-state index in [1.807, 2.05) is 0 Å². The molecule has 1 aromatic heterocycles. The SMILES string of the molecule is C[C@@H]1c2ccsc2CCN1CC(=O)Nc1ccccc1F. The van der Waals surface area contributed by atoms with Gasteiger partial charge in [-0.25, -0.2) is 4.39 Å². The van der Waals surface area contributed by atoms with Crippen molar-refractivity contribution in [2.24, 2.45) is 0 Å². The predicted octanol–water partition coefficient (Wildman–Crippen LogP) is 3.45. The summed E-state index contributed by atoms with van der Waals surface area (Å²) < 4.78 is 13.5. The Kier molecular flexibility index (Phi) is 4.03. The molecular weight excluding hydrogens is 287 g/mol. The molecular formula is C16H17FN2OS. The minimum absolute atomic E-state index is 0.175. The summed E-state index contributed by atoms with van der Waals surface area (Å²) in [7, 11) is 0. The summed E-state index contributed by atoms with van der Waals surface area (Å²) in [6, 6.07) is 8.59. The van der Waals surface area contributed by atoms with Crippen LogP contribution < -0.4 is 5.32 Å². The van der Waals surface area contributed by atoms with E-state index in [0.717, 1.165) is 13.0 Å². The van der Waals surface area contributed by atoms with Crippen molar-refractivity contribution in [2.45, 2.75) is 19.4 Å². The quantitative estimate of drug-likeness (QED) is 0.942. The third kappa shape index (κ3) is 2.99. The maximum absolute atomic E-state index is 13.5. The van der Waals surface area contributed by atoms with Gasteiger partial charge in [-0.1, -0.05) is 12.1 Å². The fourth-order valence-corrected chi connectivity index (χ4v) is 3.68. The van der Waals surface area contributed by atoms with E-state index in [-0.39, 0.29) is 24.2 Å². The lowest BCUT2D eigenvalue weighted by Crippen LogP contribution is -2.39. The molecule has 0 radical (unpaired) electrons. The summed E-state index contributed by atoms with van der Waals surface area (Å²) in [5.74, 6) is -0.580. The van der Waals surface area contributed by atoms with Gasteiger partial charge in [-0.15, -0.1) is 11.3 Å². The van der Waals surface area contributed by atoms with Crippen LogP contribution in [-0.2, 0) is 11.2 Å². The molecule has 1 aliphatic heterocycles. The van der Waals surface area contributed by atoms with Gasteiger partial charge in [0.2, 0.25) is 5.91 Å². The van der Waals surface area contributed by atoms with Gasteiger partial charge in [0.15, 0.2) is 0 Å². The van der Waals surface area contributed by atoms with Crippen LogP contribution >= 0.6 is 11.3 Å². The highest BCUT2D eigenvalue weighted by atomic mass is 32.1. The Morgan fingerprint density at radius 1 is 1.43 bits per heavy atom. The third-order valence-electron chi connectivity index (χ3n) is 3.90. The number of rotatable bonds is 3. The molecule has 3 nitrogen and oxygen atoms in total. The average Bonchev–Trinajstić information content (AvgIpc) is 2.94. The van der Waals surface area contributed by atoms with Crippen molar-refractivity contribution in [3.8, 4) is 0 Å². The second-order valence-corrected chi connectivity index (χ2v) is 6.22. The number of fused-ring (bicyclic) bond motifs is 1. The third-order valence-corrected chi connectivity index (χ3v) is 4.89. The van der Waals surface area contributed by atoms with Gasteiger partial charge in [0.05, 0.1) is 12.2 Å². The van der Waals surface area contributed by atoms with Crippen LogP contribution in [0.15, 0.2) is 35.7 Å². The lowest BCUT2D eigenvalue weighted by Gasteiger charge is -2.32. The minimum Gasteiger partial charge on any atom is -0.322 e. The van der Waals surface area contributed by atoms with E-state index in [2.05, 4.69) is 28.6 Å². The molecule has 0 aliphatic carbocycles. The summed E-state index contributed by atoms with van der Waals surface area (Å²) >= 11 is 1.78. The Hall–Kier alpha value is -1.72. The highest BCUT2D eigenvalue weighted by Crippen LogP contribution is 2.32. The van der Waals surface area contributed by atoms with Gasteiger partial charge in [-0.3, -0.25) is 9.69 Å². The zero-order valence-corrected chi connectivity index (χ0v) is 12.6. The van der Waals surface area contributed by atoms with Crippen LogP contribution in [0.5, 0.6) is 0 Å². The summed E-state index contributed by atoms with van der Waals surface area (Å²) in [5.41, 5.74) is 1.55. The fraction of sp³-hybridized carbons (Fsp3) is 0.312. The largest absolute Gasteiger partial charge is 0.322 e. The van der Waals surface area contributed by atoms with E-state index in [1.165, 1.54) is 16.5 Å². The number of carbonyl (C=O) groups is 1. The standard InChI is InChI=1S/C16H17FN2OS/c1-11-12-7-9-21-15(12)6-8-19(11)10-16(20)18-14-5-3-2-4-13(14)17/h2-5,7,9,11H,6,8,10H2,1H3,(H,18,20)/t11-/m1/s1. The van der Waals surface area contributed by atoms with E-state index >= 15 is 0 Å². The molecule has 2 aromatic rings. The van der Waals surface area contributed by atoms with Crippen LogP contribution in [0.3, 0.4) is 0 Å². The first kappa shape index (κ1) is 14.2. The first-order chi connectivity index (χ1) is 10.1. The number of hydrogen-bond acceptors (Lipinski definition) is 3. The van der Waals surface area contributed by atoms with Gasteiger partial charge < -0.3 is 5.32 Å². The van der Waals surface area contributed by atoms with E-state index in [1.54, 1.807) is 29.5 Å². The first-order valence-corrected chi connectivity index (χ1v) is 7.88. The molecule has 2 heterocycles.